The average Bonchev–Trinajstić information content (AvgIpc) is 2.51. The first-order chi connectivity index (χ1) is 10.6. The number of ether oxygens (including phenoxy) is 1. The summed E-state index contributed by atoms with van der Waals surface area (Å²) < 4.78 is 5.53. The van der Waals surface area contributed by atoms with Crippen LogP contribution in [0, 0.1) is 0 Å². The van der Waals surface area contributed by atoms with Gasteiger partial charge in [0.25, 0.3) is 0 Å². The van der Waals surface area contributed by atoms with Crippen LogP contribution in [-0.4, -0.2) is 36.6 Å². The van der Waals surface area contributed by atoms with Gasteiger partial charge in [-0.25, -0.2) is 4.98 Å². The molecule has 0 unspecified atom stereocenters. The first kappa shape index (κ1) is 15.3. The second-order valence-electron chi connectivity index (χ2n) is 6.40. The number of nitrogens with one attached hydrogen (secondary N) is 1. The predicted molar refractivity (Wildman–Crippen MR) is 90.3 cm³/mol. The lowest BCUT2D eigenvalue weighted by Gasteiger charge is -2.28. The minimum absolute atomic E-state index is 0.464. The summed E-state index contributed by atoms with van der Waals surface area (Å²) >= 11 is 0. The summed E-state index contributed by atoms with van der Waals surface area (Å²) in [6, 6.07) is 6.68. The van der Waals surface area contributed by atoms with E-state index in [0.29, 0.717) is 6.04 Å². The van der Waals surface area contributed by atoms with Crippen LogP contribution in [0.5, 0.6) is 5.75 Å². The second-order valence-corrected chi connectivity index (χ2v) is 6.40. The van der Waals surface area contributed by atoms with Crippen molar-refractivity contribution in [1.82, 2.24) is 15.2 Å². The molecule has 0 saturated carbocycles. The third-order valence-corrected chi connectivity index (χ3v) is 4.35. The molecule has 0 spiro atoms. The molecule has 2 heterocycles. The van der Waals surface area contributed by atoms with Gasteiger partial charge in [-0.1, -0.05) is 26.0 Å². The summed E-state index contributed by atoms with van der Waals surface area (Å²) in [5.74, 6) is 0.866. The van der Waals surface area contributed by atoms with Gasteiger partial charge in [0.2, 0.25) is 0 Å². The van der Waals surface area contributed by atoms with Crippen molar-refractivity contribution < 1.29 is 4.74 Å². The number of fused-ring (bicyclic) bond motifs is 2. The fourth-order valence-electron chi connectivity index (χ4n) is 3.13. The fraction of sp³-hybridized carbons (Fsp3) is 0.500. The number of benzene rings is 1. The van der Waals surface area contributed by atoms with Crippen LogP contribution < -0.4 is 10.1 Å². The van der Waals surface area contributed by atoms with Gasteiger partial charge in [0, 0.05) is 43.2 Å². The molecule has 1 aliphatic heterocycles. The monoisotopic (exact) mass is 299 g/mol. The zero-order chi connectivity index (χ0) is 15.7. The minimum Gasteiger partial charge on any atom is -0.494 e. The quantitative estimate of drug-likeness (QED) is 0.942. The van der Waals surface area contributed by atoms with Gasteiger partial charge in [0.05, 0.1) is 7.11 Å². The summed E-state index contributed by atoms with van der Waals surface area (Å²) in [7, 11) is 3.90. The van der Waals surface area contributed by atoms with Gasteiger partial charge in [-0.3, -0.25) is 0 Å². The van der Waals surface area contributed by atoms with Crippen molar-refractivity contribution in [3.63, 3.8) is 0 Å². The Morgan fingerprint density at radius 3 is 2.91 bits per heavy atom. The summed E-state index contributed by atoms with van der Waals surface area (Å²) in [6.07, 6.45) is 1.01. The molecule has 1 aromatic carbocycles. The highest BCUT2D eigenvalue weighted by molar-refractivity contribution is 5.88. The Bertz CT molecular complexity index is 682. The number of pyridine rings is 1. The molecule has 0 bridgehead atoms. The van der Waals surface area contributed by atoms with E-state index in [2.05, 4.69) is 43.2 Å². The Morgan fingerprint density at radius 2 is 2.18 bits per heavy atom. The van der Waals surface area contributed by atoms with Gasteiger partial charge < -0.3 is 15.0 Å². The number of rotatable bonds is 4. The highest BCUT2D eigenvalue weighted by atomic mass is 16.5. The SMILES string of the molecule is COc1cccc2c(CNC(C)C)c3c(nc12)CCN(C)C3. The topological polar surface area (TPSA) is 37.4 Å². The largest absolute Gasteiger partial charge is 0.494 e. The molecule has 0 aliphatic carbocycles. The highest BCUT2D eigenvalue weighted by Gasteiger charge is 2.21. The lowest BCUT2D eigenvalue weighted by atomic mass is 9.95. The lowest BCUT2D eigenvalue weighted by molar-refractivity contribution is 0.308. The van der Waals surface area contributed by atoms with E-state index in [9.17, 15) is 0 Å². The maximum atomic E-state index is 5.53. The van der Waals surface area contributed by atoms with Crippen LogP contribution in [0.1, 0.15) is 30.7 Å². The van der Waals surface area contributed by atoms with Crippen molar-refractivity contribution in [2.24, 2.45) is 0 Å². The van der Waals surface area contributed by atoms with Crippen LogP contribution in [0.4, 0.5) is 0 Å². The number of hydrogen-bond donors (Lipinski definition) is 1. The Labute approximate surface area is 132 Å². The van der Waals surface area contributed by atoms with Crippen LogP contribution in [0.15, 0.2) is 18.2 Å². The molecule has 0 amide bonds. The molecular weight excluding hydrogens is 274 g/mol. The van der Waals surface area contributed by atoms with Crippen molar-refractivity contribution in [3.05, 3.63) is 35.0 Å². The molecule has 4 heteroatoms. The summed E-state index contributed by atoms with van der Waals surface area (Å²) in [6.45, 7) is 7.29. The van der Waals surface area contributed by atoms with Gasteiger partial charge in [0.1, 0.15) is 11.3 Å². The van der Waals surface area contributed by atoms with E-state index >= 15 is 0 Å². The van der Waals surface area contributed by atoms with E-state index in [1.54, 1.807) is 7.11 Å². The Balaban J connectivity index is 2.19. The van der Waals surface area contributed by atoms with Crippen LogP contribution in [0.2, 0.25) is 0 Å². The third-order valence-electron chi connectivity index (χ3n) is 4.35. The molecule has 3 rings (SSSR count). The third kappa shape index (κ3) is 2.81. The number of para-hydroxylation sites is 1. The van der Waals surface area contributed by atoms with E-state index in [-0.39, 0.29) is 0 Å². The fourth-order valence-corrected chi connectivity index (χ4v) is 3.13. The van der Waals surface area contributed by atoms with E-state index in [1.165, 1.54) is 22.2 Å². The zero-order valence-electron chi connectivity index (χ0n) is 13.9. The summed E-state index contributed by atoms with van der Waals surface area (Å²) in [5.41, 5.74) is 4.99. The van der Waals surface area contributed by atoms with E-state index in [0.717, 1.165) is 37.3 Å². The number of nitrogens with zero attached hydrogens (tertiary/aromatic N) is 2. The van der Waals surface area contributed by atoms with Crippen LogP contribution in [0.3, 0.4) is 0 Å². The smallest absolute Gasteiger partial charge is 0.145 e. The highest BCUT2D eigenvalue weighted by Crippen LogP contribution is 2.32. The maximum Gasteiger partial charge on any atom is 0.145 e. The number of hydrogen-bond acceptors (Lipinski definition) is 4. The van der Waals surface area contributed by atoms with Crippen LogP contribution in [-0.2, 0) is 19.5 Å². The summed E-state index contributed by atoms with van der Waals surface area (Å²) in [4.78, 5) is 7.30. The molecule has 0 fully saturated rings. The molecule has 0 radical (unpaired) electrons. The first-order valence-corrected chi connectivity index (χ1v) is 7.99. The molecule has 1 aliphatic rings. The van der Waals surface area contributed by atoms with Crippen LogP contribution >= 0.6 is 0 Å². The van der Waals surface area contributed by atoms with Crippen molar-refractivity contribution in [2.75, 3.05) is 20.7 Å². The summed E-state index contributed by atoms with van der Waals surface area (Å²) in [5, 5.41) is 4.78. The zero-order valence-corrected chi connectivity index (χ0v) is 13.9. The standard InChI is InChI=1S/C18H25N3O/c1-12(2)19-10-14-13-6-5-7-17(22-4)18(13)20-16-8-9-21(3)11-15(14)16/h5-7,12,19H,8-11H2,1-4H3. The molecule has 4 nitrogen and oxygen atoms in total. The Kier molecular flexibility index (Phi) is 4.32. The number of aromatic nitrogens is 1. The van der Waals surface area contributed by atoms with Crippen molar-refractivity contribution in [1.29, 1.82) is 0 Å². The van der Waals surface area contributed by atoms with Crippen molar-refractivity contribution in [3.8, 4) is 5.75 Å². The van der Waals surface area contributed by atoms with E-state index in [1.807, 2.05) is 6.07 Å². The minimum atomic E-state index is 0.464. The molecule has 0 atom stereocenters. The molecule has 1 aromatic heterocycles. The van der Waals surface area contributed by atoms with E-state index < -0.39 is 0 Å². The maximum absolute atomic E-state index is 5.53. The number of methoxy groups -OCH3 is 1. The van der Waals surface area contributed by atoms with Gasteiger partial charge >= 0.3 is 0 Å². The molecule has 118 valence electrons. The predicted octanol–water partition coefficient (Wildman–Crippen LogP) is 2.73. The molecule has 2 aromatic rings. The van der Waals surface area contributed by atoms with Gasteiger partial charge in [0.15, 0.2) is 0 Å². The Morgan fingerprint density at radius 1 is 1.36 bits per heavy atom. The normalized spacial score (nSPS) is 15.3. The van der Waals surface area contributed by atoms with Gasteiger partial charge in [-0.2, -0.15) is 0 Å². The van der Waals surface area contributed by atoms with E-state index in [4.69, 9.17) is 9.72 Å². The molecular formula is C18H25N3O. The second kappa shape index (κ2) is 6.23. The van der Waals surface area contributed by atoms with Gasteiger partial charge in [-0.05, 0) is 24.2 Å². The molecule has 22 heavy (non-hydrogen) atoms. The van der Waals surface area contributed by atoms with Crippen molar-refractivity contribution >= 4 is 10.9 Å². The molecule has 1 N–H and O–H groups in total. The Hall–Kier alpha value is -1.65. The van der Waals surface area contributed by atoms with Crippen molar-refractivity contribution in [2.45, 2.75) is 39.4 Å². The first-order valence-electron chi connectivity index (χ1n) is 7.99. The van der Waals surface area contributed by atoms with Gasteiger partial charge in [-0.15, -0.1) is 0 Å². The van der Waals surface area contributed by atoms with Crippen LogP contribution in [0.25, 0.3) is 10.9 Å². The average molecular weight is 299 g/mol. The lowest BCUT2D eigenvalue weighted by Crippen LogP contribution is -2.30. The molecule has 0 saturated heterocycles. The number of likely N-dealkylation sites (N-methyl/N-ethyl adjacent to an activating group) is 1.